The first kappa shape index (κ1) is 19.3. The molecule has 1 N–H and O–H groups in total. The van der Waals surface area contributed by atoms with Crippen molar-refractivity contribution in [3.63, 3.8) is 0 Å². The number of rotatable bonds is 8. The number of hydrogen-bond donors (Lipinski definition) is 1. The summed E-state index contributed by atoms with van der Waals surface area (Å²) in [5, 5.41) is 2.81. The molecular weight excluding hydrogens is 332 g/mol. The van der Waals surface area contributed by atoms with E-state index in [1.807, 2.05) is 31.2 Å². The maximum absolute atomic E-state index is 12.3. The van der Waals surface area contributed by atoms with E-state index >= 15 is 0 Å². The maximum atomic E-state index is 12.3. The topological polar surface area (TPSA) is 67.9 Å². The number of benzene rings is 2. The van der Waals surface area contributed by atoms with Gasteiger partial charge in [0, 0.05) is 31.6 Å². The second-order valence-electron chi connectivity index (χ2n) is 5.60. The van der Waals surface area contributed by atoms with Crippen LogP contribution in [-0.4, -0.2) is 32.1 Å². The van der Waals surface area contributed by atoms with Gasteiger partial charge in [0.25, 0.3) is 0 Å². The molecule has 0 unspecified atom stereocenters. The summed E-state index contributed by atoms with van der Waals surface area (Å²) in [7, 11) is 1.57. The fourth-order valence-electron chi connectivity index (χ4n) is 2.54. The predicted molar refractivity (Wildman–Crippen MR) is 102 cm³/mol. The van der Waals surface area contributed by atoms with Crippen LogP contribution in [0.5, 0.6) is 11.5 Å². The molecule has 0 aliphatic carbocycles. The van der Waals surface area contributed by atoms with Crippen LogP contribution >= 0.6 is 0 Å². The minimum absolute atomic E-state index is 0.147. The summed E-state index contributed by atoms with van der Waals surface area (Å²) < 4.78 is 10.7. The first-order valence-corrected chi connectivity index (χ1v) is 8.49. The van der Waals surface area contributed by atoms with Gasteiger partial charge < -0.3 is 19.7 Å². The van der Waals surface area contributed by atoms with E-state index in [4.69, 9.17) is 9.47 Å². The number of ether oxygens (including phenoxy) is 2. The molecule has 0 fully saturated rings. The van der Waals surface area contributed by atoms with Crippen LogP contribution in [0.4, 0.5) is 11.4 Å². The Hall–Kier alpha value is -3.02. The molecule has 0 atom stereocenters. The molecule has 138 valence electrons. The Labute approximate surface area is 153 Å². The number of para-hydroxylation sites is 2. The van der Waals surface area contributed by atoms with Crippen molar-refractivity contribution >= 4 is 23.2 Å². The molecule has 0 aliphatic rings. The fourth-order valence-corrected chi connectivity index (χ4v) is 2.54. The molecule has 0 bridgehead atoms. The molecule has 2 amide bonds. The maximum Gasteiger partial charge on any atom is 0.226 e. The standard InChI is InChI=1S/C20H24N2O4/c1-4-26-19-11-6-5-10-18(19)22(15(2)23)13-12-20(24)21-16-8-7-9-17(14-16)25-3/h5-11,14H,4,12-13H2,1-3H3,(H,21,24). The summed E-state index contributed by atoms with van der Waals surface area (Å²) in [5.74, 6) is 0.960. The van der Waals surface area contributed by atoms with Gasteiger partial charge >= 0.3 is 0 Å². The molecule has 6 heteroatoms. The van der Waals surface area contributed by atoms with Gasteiger partial charge in [-0.2, -0.15) is 0 Å². The summed E-state index contributed by atoms with van der Waals surface area (Å²) in [6.07, 6.45) is 0.164. The van der Waals surface area contributed by atoms with Gasteiger partial charge in [0.2, 0.25) is 11.8 Å². The fraction of sp³-hybridized carbons (Fsp3) is 0.300. The van der Waals surface area contributed by atoms with Crippen molar-refractivity contribution in [3.05, 3.63) is 48.5 Å². The molecule has 0 heterocycles. The number of methoxy groups -OCH3 is 1. The Balaban J connectivity index is 2.04. The molecule has 2 aromatic carbocycles. The average Bonchev–Trinajstić information content (AvgIpc) is 2.63. The third-order valence-corrected chi connectivity index (χ3v) is 3.75. The minimum atomic E-state index is -0.182. The van der Waals surface area contributed by atoms with E-state index in [1.54, 1.807) is 36.3 Å². The lowest BCUT2D eigenvalue weighted by atomic mass is 10.2. The largest absolute Gasteiger partial charge is 0.497 e. The van der Waals surface area contributed by atoms with Gasteiger partial charge in [-0.3, -0.25) is 9.59 Å². The Morgan fingerprint density at radius 3 is 2.58 bits per heavy atom. The Morgan fingerprint density at radius 1 is 1.12 bits per heavy atom. The van der Waals surface area contributed by atoms with Crippen LogP contribution in [0.2, 0.25) is 0 Å². The number of anilines is 2. The van der Waals surface area contributed by atoms with Gasteiger partial charge in [-0.1, -0.05) is 18.2 Å². The van der Waals surface area contributed by atoms with Gasteiger partial charge in [-0.05, 0) is 31.2 Å². The van der Waals surface area contributed by atoms with Crippen LogP contribution in [-0.2, 0) is 9.59 Å². The van der Waals surface area contributed by atoms with Crippen LogP contribution in [0.25, 0.3) is 0 Å². The number of amides is 2. The monoisotopic (exact) mass is 356 g/mol. The molecular formula is C20H24N2O4. The molecule has 0 radical (unpaired) electrons. The second kappa shape index (κ2) is 9.46. The molecule has 6 nitrogen and oxygen atoms in total. The quantitative estimate of drug-likeness (QED) is 0.786. The highest BCUT2D eigenvalue weighted by Crippen LogP contribution is 2.28. The van der Waals surface area contributed by atoms with E-state index in [2.05, 4.69) is 5.32 Å². The van der Waals surface area contributed by atoms with E-state index in [0.717, 1.165) is 0 Å². The Morgan fingerprint density at radius 2 is 1.88 bits per heavy atom. The molecule has 0 saturated heterocycles. The van der Waals surface area contributed by atoms with Crippen LogP contribution in [0.15, 0.2) is 48.5 Å². The van der Waals surface area contributed by atoms with Crippen LogP contribution < -0.4 is 19.7 Å². The van der Waals surface area contributed by atoms with E-state index in [-0.39, 0.29) is 24.8 Å². The van der Waals surface area contributed by atoms with E-state index < -0.39 is 0 Å². The molecule has 0 aromatic heterocycles. The lowest BCUT2D eigenvalue weighted by Gasteiger charge is -2.23. The van der Waals surface area contributed by atoms with Crippen molar-refractivity contribution in [2.75, 3.05) is 30.5 Å². The Kier molecular flexibility index (Phi) is 7.02. The normalized spacial score (nSPS) is 10.1. The summed E-state index contributed by atoms with van der Waals surface area (Å²) in [5.41, 5.74) is 1.31. The van der Waals surface area contributed by atoms with Gasteiger partial charge in [0.1, 0.15) is 11.5 Å². The number of hydrogen-bond acceptors (Lipinski definition) is 4. The van der Waals surface area contributed by atoms with Gasteiger partial charge in [-0.25, -0.2) is 0 Å². The molecule has 2 aromatic rings. The van der Waals surface area contributed by atoms with Crippen LogP contribution in [0, 0.1) is 0 Å². The van der Waals surface area contributed by atoms with Crippen molar-refractivity contribution in [2.45, 2.75) is 20.3 Å². The van der Waals surface area contributed by atoms with Crippen molar-refractivity contribution in [3.8, 4) is 11.5 Å². The first-order valence-electron chi connectivity index (χ1n) is 8.49. The molecule has 0 saturated carbocycles. The van der Waals surface area contributed by atoms with Crippen molar-refractivity contribution in [1.29, 1.82) is 0 Å². The van der Waals surface area contributed by atoms with E-state index in [9.17, 15) is 9.59 Å². The zero-order valence-corrected chi connectivity index (χ0v) is 15.3. The zero-order valence-electron chi connectivity index (χ0n) is 15.3. The number of nitrogens with zero attached hydrogens (tertiary/aromatic N) is 1. The summed E-state index contributed by atoms with van der Waals surface area (Å²) >= 11 is 0. The van der Waals surface area contributed by atoms with Gasteiger partial charge in [0.05, 0.1) is 19.4 Å². The van der Waals surface area contributed by atoms with Crippen molar-refractivity contribution in [1.82, 2.24) is 0 Å². The van der Waals surface area contributed by atoms with E-state index in [0.29, 0.717) is 29.5 Å². The molecule has 26 heavy (non-hydrogen) atoms. The Bertz CT molecular complexity index is 761. The third kappa shape index (κ3) is 5.24. The second-order valence-corrected chi connectivity index (χ2v) is 5.60. The first-order chi connectivity index (χ1) is 12.5. The summed E-state index contributed by atoms with van der Waals surface area (Å²) in [6, 6.07) is 14.4. The number of carbonyl (C=O) groups excluding carboxylic acids is 2. The highest BCUT2D eigenvalue weighted by molar-refractivity contribution is 5.95. The van der Waals surface area contributed by atoms with Crippen LogP contribution in [0.1, 0.15) is 20.3 Å². The summed E-state index contributed by atoms with van der Waals surface area (Å²) in [4.78, 5) is 25.9. The minimum Gasteiger partial charge on any atom is -0.497 e. The number of carbonyl (C=O) groups is 2. The summed E-state index contributed by atoms with van der Waals surface area (Å²) in [6.45, 7) is 4.12. The average molecular weight is 356 g/mol. The third-order valence-electron chi connectivity index (χ3n) is 3.75. The molecule has 0 aliphatic heterocycles. The van der Waals surface area contributed by atoms with Gasteiger partial charge in [0.15, 0.2) is 0 Å². The molecule has 0 spiro atoms. The predicted octanol–water partition coefficient (Wildman–Crippen LogP) is 3.48. The zero-order chi connectivity index (χ0) is 18.9. The van der Waals surface area contributed by atoms with Crippen molar-refractivity contribution < 1.29 is 19.1 Å². The van der Waals surface area contributed by atoms with Gasteiger partial charge in [-0.15, -0.1) is 0 Å². The highest BCUT2D eigenvalue weighted by Gasteiger charge is 2.17. The lowest BCUT2D eigenvalue weighted by Crippen LogP contribution is -2.32. The lowest BCUT2D eigenvalue weighted by molar-refractivity contribution is -0.117. The van der Waals surface area contributed by atoms with Crippen LogP contribution in [0.3, 0.4) is 0 Å². The van der Waals surface area contributed by atoms with Crippen molar-refractivity contribution in [2.24, 2.45) is 0 Å². The van der Waals surface area contributed by atoms with E-state index in [1.165, 1.54) is 6.92 Å². The molecule has 2 rings (SSSR count). The smallest absolute Gasteiger partial charge is 0.226 e. The highest BCUT2D eigenvalue weighted by atomic mass is 16.5. The SMILES string of the molecule is CCOc1ccccc1N(CCC(=O)Nc1cccc(OC)c1)C(C)=O. The number of nitrogens with one attached hydrogen (secondary N) is 1.